The van der Waals surface area contributed by atoms with Gasteiger partial charge in [0.15, 0.2) is 0 Å². The molecule has 0 unspecified atom stereocenters. The molecule has 0 radical (unpaired) electrons. The Balaban J connectivity index is 2.27. The molecule has 0 aliphatic carbocycles. The Morgan fingerprint density at radius 1 is 1.15 bits per heavy atom. The summed E-state index contributed by atoms with van der Waals surface area (Å²) in [5, 5.41) is 0.368. The SMILES string of the molecule is COc1ccc(N(C)C(=O)c2cc(Cl)nc(Cl)c2)cc1. The number of aromatic nitrogens is 1. The highest BCUT2D eigenvalue weighted by molar-refractivity contribution is 6.33. The monoisotopic (exact) mass is 310 g/mol. The van der Waals surface area contributed by atoms with Crippen LogP contribution in [-0.4, -0.2) is 25.0 Å². The predicted molar refractivity (Wildman–Crippen MR) is 80.0 cm³/mol. The number of carbonyl (C=O) groups excluding carboxylic acids is 1. The number of benzene rings is 1. The van der Waals surface area contributed by atoms with Crippen LogP contribution in [0.1, 0.15) is 10.4 Å². The average molecular weight is 311 g/mol. The van der Waals surface area contributed by atoms with E-state index < -0.39 is 0 Å². The lowest BCUT2D eigenvalue weighted by atomic mass is 10.2. The van der Waals surface area contributed by atoms with Crippen LogP contribution in [0.5, 0.6) is 5.75 Å². The minimum absolute atomic E-state index is 0.184. The molecule has 2 rings (SSSR count). The van der Waals surface area contributed by atoms with E-state index in [0.29, 0.717) is 5.56 Å². The Bertz CT molecular complexity index is 609. The summed E-state index contributed by atoms with van der Waals surface area (Å²) in [6, 6.07) is 10.1. The lowest BCUT2D eigenvalue weighted by Crippen LogP contribution is -2.26. The average Bonchev–Trinajstić information content (AvgIpc) is 2.45. The lowest BCUT2D eigenvalue weighted by Gasteiger charge is -2.17. The topological polar surface area (TPSA) is 42.4 Å². The van der Waals surface area contributed by atoms with Crippen LogP contribution in [0.4, 0.5) is 5.69 Å². The summed E-state index contributed by atoms with van der Waals surface area (Å²) in [5.74, 6) is 0.506. The van der Waals surface area contributed by atoms with Crippen LogP contribution < -0.4 is 9.64 Å². The second-order valence-corrected chi connectivity index (χ2v) is 4.84. The third-order valence-electron chi connectivity index (χ3n) is 2.77. The molecule has 0 N–H and O–H groups in total. The Kier molecular flexibility index (Phi) is 4.47. The highest BCUT2D eigenvalue weighted by Crippen LogP contribution is 2.21. The summed E-state index contributed by atoms with van der Waals surface area (Å²) in [6.07, 6.45) is 0. The van der Waals surface area contributed by atoms with Crippen molar-refractivity contribution in [1.82, 2.24) is 4.98 Å². The molecule has 6 heteroatoms. The molecule has 0 bridgehead atoms. The number of anilines is 1. The van der Waals surface area contributed by atoms with Gasteiger partial charge in [-0.1, -0.05) is 23.2 Å². The largest absolute Gasteiger partial charge is 0.497 e. The summed E-state index contributed by atoms with van der Waals surface area (Å²) in [7, 11) is 3.26. The van der Waals surface area contributed by atoms with Gasteiger partial charge in [0.05, 0.1) is 7.11 Å². The smallest absolute Gasteiger partial charge is 0.258 e. The molecule has 0 atom stereocenters. The molecule has 0 fully saturated rings. The number of nitrogens with zero attached hydrogens (tertiary/aromatic N) is 2. The van der Waals surface area contributed by atoms with E-state index in [2.05, 4.69) is 4.98 Å². The lowest BCUT2D eigenvalue weighted by molar-refractivity contribution is 0.0993. The van der Waals surface area contributed by atoms with Gasteiger partial charge < -0.3 is 9.64 Å². The van der Waals surface area contributed by atoms with Gasteiger partial charge >= 0.3 is 0 Å². The van der Waals surface area contributed by atoms with Crippen LogP contribution in [-0.2, 0) is 0 Å². The fraction of sp³-hybridized carbons (Fsp3) is 0.143. The minimum Gasteiger partial charge on any atom is -0.497 e. The molecule has 20 heavy (non-hydrogen) atoms. The molecule has 0 spiro atoms. The van der Waals surface area contributed by atoms with Crippen molar-refractivity contribution in [2.45, 2.75) is 0 Å². The Morgan fingerprint density at radius 3 is 2.20 bits per heavy atom. The number of hydrogen-bond acceptors (Lipinski definition) is 3. The molecular formula is C14H12Cl2N2O2. The molecule has 0 aliphatic heterocycles. The Hall–Kier alpha value is -1.78. The van der Waals surface area contributed by atoms with Gasteiger partial charge in [-0.3, -0.25) is 4.79 Å². The molecule has 0 saturated heterocycles. The van der Waals surface area contributed by atoms with Gasteiger partial charge in [0, 0.05) is 18.3 Å². The van der Waals surface area contributed by atoms with E-state index in [1.165, 1.54) is 17.0 Å². The number of ether oxygens (including phenoxy) is 1. The summed E-state index contributed by atoms with van der Waals surface area (Å²) in [5.41, 5.74) is 1.12. The highest BCUT2D eigenvalue weighted by atomic mass is 35.5. The van der Waals surface area contributed by atoms with E-state index in [1.54, 1.807) is 38.4 Å². The van der Waals surface area contributed by atoms with Gasteiger partial charge in [-0.2, -0.15) is 0 Å². The zero-order valence-corrected chi connectivity index (χ0v) is 12.4. The highest BCUT2D eigenvalue weighted by Gasteiger charge is 2.15. The van der Waals surface area contributed by atoms with Crippen molar-refractivity contribution in [2.75, 3.05) is 19.1 Å². The number of hydrogen-bond donors (Lipinski definition) is 0. The van der Waals surface area contributed by atoms with Gasteiger partial charge in [-0.15, -0.1) is 0 Å². The maximum Gasteiger partial charge on any atom is 0.258 e. The molecule has 1 heterocycles. The van der Waals surface area contributed by atoms with Crippen LogP contribution in [0.25, 0.3) is 0 Å². The first-order valence-corrected chi connectivity index (χ1v) is 6.52. The van der Waals surface area contributed by atoms with Crippen molar-refractivity contribution >= 4 is 34.8 Å². The van der Waals surface area contributed by atoms with Gasteiger partial charge in [-0.25, -0.2) is 4.98 Å². The van der Waals surface area contributed by atoms with Gasteiger partial charge in [0.1, 0.15) is 16.1 Å². The van der Waals surface area contributed by atoms with E-state index >= 15 is 0 Å². The summed E-state index contributed by atoms with van der Waals surface area (Å²) >= 11 is 11.6. The Morgan fingerprint density at radius 2 is 1.70 bits per heavy atom. The van der Waals surface area contributed by atoms with Gasteiger partial charge in [-0.05, 0) is 36.4 Å². The maximum absolute atomic E-state index is 12.4. The van der Waals surface area contributed by atoms with E-state index in [1.807, 2.05) is 0 Å². The van der Waals surface area contributed by atoms with Crippen molar-refractivity contribution in [2.24, 2.45) is 0 Å². The molecule has 0 aliphatic rings. The minimum atomic E-state index is -0.221. The molecule has 4 nitrogen and oxygen atoms in total. The number of amides is 1. The fourth-order valence-corrected chi connectivity index (χ4v) is 2.17. The van der Waals surface area contributed by atoms with Crippen molar-refractivity contribution in [3.63, 3.8) is 0 Å². The fourth-order valence-electron chi connectivity index (χ4n) is 1.71. The van der Waals surface area contributed by atoms with E-state index in [-0.39, 0.29) is 16.2 Å². The summed E-state index contributed by atoms with van der Waals surface area (Å²) in [4.78, 5) is 17.7. The zero-order chi connectivity index (χ0) is 14.7. The van der Waals surface area contributed by atoms with Crippen LogP contribution in [0.2, 0.25) is 10.3 Å². The number of carbonyl (C=O) groups is 1. The standard InChI is InChI=1S/C14H12Cl2N2O2/c1-18(10-3-5-11(20-2)6-4-10)14(19)9-7-12(15)17-13(16)8-9/h3-8H,1-2H3. The van der Waals surface area contributed by atoms with Crippen molar-refractivity contribution in [3.05, 3.63) is 52.3 Å². The van der Waals surface area contributed by atoms with Crippen LogP contribution >= 0.6 is 23.2 Å². The van der Waals surface area contributed by atoms with Crippen LogP contribution in [0.3, 0.4) is 0 Å². The van der Waals surface area contributed by atoms with E-state index in [0.717, 1.165) is 11.4 Å². The zero-order valence-electron chi connectivity index (χ0n) is 10.9. The number of halogens is 2. The number of pyridine rings is 1. The third-order valence-corrected chi connectivity index (χ3v) is 3.16. The molecule has 104 valence electrons. The molecule has 2 aromatic rings. The second kappa shape index (κ2) is 6.11. The van der Waals surface area contributed by atoms with Gasteiger partial charge in [0.25, 0.3) is 5.91 Å². The summed E-state index contributed by atoms with van der Waals surface area (Å²) < 4.78 is 5.08. The first-order valence-electron chi connectivity index (χ1n) is 5.76. The summed E-state index contributed by atoms with van der Waals surface area (Å²) in [6.45, 7) is 0. The number of rotatable bonds is 3. The van der Waals surface area contributed by atoms with E-state index in [4.69, 9.17) is 27.9 Å². The normalized spacial score (nSPS) is 10.2. The molecular weight excluding hydrogens is 299 g/mol. The molecule has 1 aromatic heterocycles. The van der Waals surface area contributed by atoms with Crippen LogP contribution in [0, 0.1) is 0 Å². The Labute approximate surface area is 126 Å². The van der Waals surface area contributed by atoms with Crippen molar-refractivity contribution in [1.29, 1.82) is 0 Å². The van der Waals surface area contributed by atoms with Crippen LogP contribution in [0.15, 0.2) is 36.4 Å². The molecule has 1 amide bonds. The molecule has 1 aromatic carbocycles. The molecule has 0 saturated carbocycles. The first-order chi connectivity index (χ1) is 9.51. The van der Waals surface area contributed by atoms with E-state index in [9.17, 15) is 4.79 Å². The predicted octanol–water partition coefficient (Wildman–Crippen LogP) is 3.67. The quantitative estimate of drug-likeness (QED) is 0.812. The van der Waals surface area contributed by atoms with Gasteiger partial charge in [0.2, 0.25) is 0 Å². The number of methoxy groups -OCH3 is 1. The van der Waals surface area contributed by atoms with Crippen molar-refractivity contribution < 1.29 is 9.53 Å². The first kappa shape index (κ1) is 14.6. The second-order valence-electron chi connectivity index (χ2n) is 4.06. The van der Waals surface area contributed by atoms with Crippen molar-refractivity contribution in [3.8, 4) is 5.75 Å². The third kappa shape index (κ3) is 3.21. The maximum atomic E-state index is 12.4.